The molecule has 0 aliphatic heterocycles. The fraction of sp³-hybridized carbons (Fsp3) is 0.238. The molecule has 9 nitrogen and oxygen atoms in total. The largest absolute Gasteiger partial charge is 0.497 e. The molecule has 12 heteroatoms. The molecule has 1 aromatic heterocycles. The summed E-state index contributed by atoms with van der Waals surface area (Å²) in [6.07, 6.45) is 2.23. The summed E-state index contributed by atoms with van der Waals surface area (Å²) >= 11 is 0. The van der Waals surface area contributed by atoms with Crippen molar-refractivity contribution in [2.45, 2.75) is 39.5 Å². The number of hydrogen-bond acceptors (Lipinski definition) is 8. The molecule has 178 valence electrons. The SMILES string of the molecule is COc1ccc(S(=O)(=O)c2ccc([C@H](C)NS(C)(=O)=O)cc2)c(S(=O)(=O)c2ccoc2C)c1. The van der Waals surface area contributed by atoms with Crippen molar-refractivity contribution in [2.75, 3.05) is 13.4 Å². The smallest absolute Gasteiger partial charge is 0.211 e. The minimum atomic E-state index is -4.26. The molecule has 33 heavy (non-hydrogen) atoms. The monoisotopic (exact) mass is 513 g/mol. The van der Waals surface area contributed by atoms with Gasteiger partial charge in [-0.1, -0.05) is 12.1 Å². The summed E-state index contributed by atoms with van der Waals surface area (Å²) in [5.74, 6) is 0.294. The Balaban J connectivity index is 2.12. The first kappa shape index (κ1) is 25.0. The van der Waals surface area contributed by atoms with E-state index < -0.39 is 45.5 Å². The first-order valence-corrected chi connectivity index (χ1v) is 14.4. The number of benzene rings is 2. The van der Waals surface area contributed by atoms with Crippen molar-refractivity contribution in [1.29, 1.82) is 0 Å². The summed E-state index contributed by atoms with van der Waals surface area (Å²) in [5, 5.41) is 0. The van der Waals surface area contributed by atoms with Crippen molar-refractivity contribution in [3.63, 3.8) is 0 Å². The summed E-state index contributed by atoms with van der Waals surface area (Å²) in [6, 6.07) is 9.90. The van der Waals surface area contributed by atoms with Crippen LogP contribution in [-0.4, -0.2) is 38.6 Å². The van der Waals surface area contributed by atoms with E-state index in [4.69, 9.17) is 9.15 Å². The second kappa shape index (κ2) is 8.93. The lowest BCUT2D eigenvalue weighted by Crippen LogP contribution is -2.25. The van der Waals surface area contributed by atoms with Gasteiger partial charge in [-0.3, -0.25) is 0 Å². The molecule has 1 atom stereocenters. The van der Waals surface area contributed by atoms with E-state index in [0.29, 0.717) is 5.56 Å². The molecule has 0 amide bonds. The number of sulfonamides is 1. The molecular formula is C21H23NO8S3. The molecule has 0 saturated carbocycles. The predicted molar refractivity (Wildman–Crippen MR) is 120 cm³/mol. The summed E-state index contributed by atoms with van der Waals surface area (Å²) in [5.41, 5.74) is 0.538. The third kappa shape index (κ3) is 5.13. The Hall–Kier alpha value is -2.67. The molecule has 1 heterocycles. The first-order valence-electron chi connectivity index (χ1n) is 9.57. The number of furan rings is 1. The Kier molecular flexibility index (Phi) is 6.76. The van der Waals surface area contributed by atoms with Crippen LogP contribution in [0.3, 0.4) is 0 Å². The molecule has 0 unspecified atom stereocenters. The maximum absolute atomic E-state index is 13.4. The third-order valence-electron chi connectivity index (χ3n) is 4.91. The van der Waals surface area contributed by atoms with Crippen molar-refractivity contribution in [1.82, 2.24) is 4.72 Å². The van der Waals surface area contributed by atoms with Crippen molar-refractivity contribution in [3.05, 3.63) is 66.1 Å². The van der Waals surface area contributed by atoms with Crippen molar-refractivity contribution in [2.24, 2.45) is 0 Å². The van der Waals surface area contributed by atoms with Crippen LogP contribution >= 0.6 is 0 Å². The zero-order valence-corrected chi connectivity index (χ0v) is 20.7. The van der Waals surface area contributed by atoms with Crippen molar-refractivity contribution < 1.29 is 34.4 Å². The van der Waals surface area contributed by atoms with Gasteiger partial charge < -0.3 is 9.15 Å². The Morgan fingerprint density at radius 2 is 1.48 bits per heavy atom. The molecule has 3 aromatic rings. The maximum atomic E-state index is 13.4. The van der Waals surface area contributed by atoms with Crippen LogP contribution in [0.2, 0.25) is 0 Å². The maximum Gasteiger partial charge on any atom is 0.211 e. The fourth-order valence-electron chi connectivity index (χ4n) is 3.27. The lowest BCUT2D eigenvalue weighted by Gasteiger charge is -2.15. The lowest BCUT2D eigenvalue weighted by molar-refractivity contribution is 0.412. The number of aryl methyl sites for hydroxylation is 1. The summed E-state index contributed by atoms with van der Waals surface area (Å²) < 4.78 is 89.0. The Morgan fingerprint density at radius 1 is 0.848 bits per heavy atom. The van der Waals surface area contributed by atoms with E-state index in [1.165, 1.54) is 62.8 Å². The van der Waals surface area contributed by atoms with E-state index in [2.05, 4.69) is 4.72 Å². The van der Waals surface area contributed by atoms with Gasteiger partial charge in [-0.05, 0) is 49.7 Å². The quantitative estimate of drug-likeness (QED) is 0.485. The van der Waals surface area contributed by atoms with Gasteiger partial charge in [0.2, 0.25) is 29.7 Å². The average Bonchev–Trinajstić information content (AvgIpc) is 3.19. The number of nitrogens with one attached hydrogen (secondary N) is 1. The fourth-order valence-corrected chi connectivity index (χ4v) is 7.53. The van der Waals surface area contributed by atoms with Crippen LogP contribution in [0.4, 0.5) is 0 Å². The lowest BCUT2D eigenvalue weighted by atomic mass is 10.1. The van der Waals surface area contributed by atoms with Crippen LogP contribution in [0.5, 0.6) is 5.75 Å². The van der Waals surface area contributed by atoms with Crippen molar-refractivity contribution >= 4 is 29.7 Å². The normalized spacial score (nSPS) is 13.6. The molecule has 1 N–H and O–H groups in total. The first-order chi connectivity index (χ1) is 15.3. The van der Waals surface area contributed by atoms with E-state index in [-0.39, 0.29) is 21.3 Å². The Labute approximate surface area is 193 Å². The van der Waals surface area contributed by atoms with Gasteiger partial charge in [0, 0.05) is 12.1 Å². The molecule has 3 rings (SSSR count). The zero-order chi connectivity index (χ0) is 24.6. The molecule has 0 bridgehead atoms. The molecule has 0 radical (unpaired) electrons. The highest BCUT2D eigenvalue weighted by molar-refractivity contribution is 7.94. The average molecular weight is 514 g/mol. The molecular weight excluding hydrogens is 490 g/mol. The molecule has 0 aliphatic rings. The van der Waals surface area contributed by atoms with E-state index in [1.54, 1.807) is 6.92 Å². The molecule has 0 spiro atoms. The predicted octanol–water partition coefficient (Wildman–Crippen LogP) is 2.87. The Morgan fingerprint density at radius 3 is 2.00 bits per heavy atom. The number of methoxy groups -OCH3 is 1. The van der Waals surface area contributed by atoms with Crippen LogP contribution in [0.25, 0.3) is 0 Å². The number of sulfone groups is 2. The van der Waals surface area contributed by atoms with E-state index >= 15 is 0 Å². The topological polar surface area (TPSA) is 137 Å². The highest BCUT2D eigenvalue weighted by Gasteiger charge is 2.31. The van der Waals surface area contributed by atoms with Gasteiger partial charge >= 0.3 is 0 Å². The van der Waals surface area contributed by atoms with Crippen LogP contribution in [0.15, 0.2) is 78.8 Å². The van der Waals surface area contributed by atoms with E-state index in [1.807, 2.05) is 0 Å². The van der Waals surface area contributed by atoms with Gasteiger partial charge in [0.25, 0.3) is 0 Å². The van der Waals surface area contributed by atoms with Gasteiger partial charge in [0.1, 0.15) is 16.4 Å². The number of ether oxygens (including phenoxy) is 1. The standard InChI is InChI=1S/C21H23NO8S3/c1-14(22-31(4,23)24)16-5-8-18(9-6-16)32(25,26)20-10-7-17(29-3)13-21(20)33(27,28)19-11-12-30-15(19)2/h5-14,22H,1-4H3/t14-/m0/s1. The van der Waals surface area contributed by atoms with Gasteiger partial charge in [-0.25, -0.2) is 30.0 Å². The highest BCUT2D eigenvalue weighted by atomic mass is 32.2. The molecule has 0 saturated heterocycles. The third-order valence-corrected chi connectivity index (χ3v) is 9.57. The Bertz CT molecular complexity index is 1490. The van der Waals surface area contributed by atoms with Gasteiger partial charge in [0.05, 0.1) is 34.3 Å². The molecule has 0 aliphatic carbocycles. The van der Waals surface area contributed by atoms with Crippen molar-refractivity contribution in [3.8, 4) is 5.75 Å². The van der Waals surface area contributed by atoms with Gasteiger partial charge in [0.15, 0.2) is 0 Å². The molecule has 0 fully saturated rings. The summed E-state index contributed by atoms with van der Waals surface area (Å²) in [7, 11) is -10.6. The van der Waals surface area contributed by atoms with E-state index in [0.717, 1.165) is 12.3 Å². The highest BCUT2D eigenvalue weighted by Crippen LogP contribution is 2.35. The minimum Gasteiger partial charge on any atom is -0.497 e. The van der Waals surface area contributed by atoms with Gasteiger partial charge in [-0.15, -0.1) is 0 Å². The van der Waals surface area contributed by atoms with Crippen LogP contribution in [0.1, 0.15) is 24.3 Å². The van der Waals surface area contributed by atoms with Gasteiger partial charge in [-0.2, -0.15) is 0 Å². The van der Waals surface area contributed by atoms with Crippen LogP contribution in [-0.2, 0) is 29.7 Å². The number of rotatable bonds is 8. The number of hydrogen-bond donors (Lipinski definition) is 1. The van der Waals surface area contributed by atoms with E-state index in [9.17, 15) is 25.3 Å². The summed E-state index contributed by atoms with van der Waals surface area (Å²) in [4.78, 5) is -1.16. The van der Waals surface area contributed by atoms with Crippen LogP contribution < -0.4 is 9.46 Å². The summed E-state index contributed by atoms with van der Waals surface area (Å²) in [6.45, 7) is 3.08. The minimum absolute atomic E-state index is 0.123. The van der Waals surface area contributed by atoms with Crippen LogP contribution in [0, 0.1) is 6.92 Å². The second-order valence-corrected chi connectivity index (χ2v) is 12.9. The zero-order valence-electron chi connectivity index (χ0n) is 18.3. The molecule has 2 aromatic carbocycles. The second-order valence-electron chi connectivity index (χ2n) is 7.34.